The Hall–Kier alpha value is -3.16. The number of benzene rings is 3. The lowest BCUT2D eigenvalue weighted by Gasteiger charge is -2.28. The average molecular weight is 424 g/mol. The van der Waals surface area contributed by atoms with E-state index in [9.17, 15) is 14.3 Å². The van der Waals surface area contributed by atoms with E-state index in [0.29, 0.717) is 30.9 Å². The molecule has 0 saturated carbocycles. The van der Waals surface area contributed by atoms with Gasteiger partial charge in [0.2, 0.25) is 5.91 Å². The molecule has 1 saturated heterocycles. The third-order valence-electron chi connectivity index (χ3n) is 5.35. The van der Waals surface area contributed by atoms with Crippen molar-refractivity contribution in [2.24, 2.45) is 0 Å². The van der Waals surface area contributed by atoms with Gasteiger partial charge in [0, 0.05) is 25.2 Å². The summed E-state index contributed by atoms with van der Waals surface area (Å²) in [7, 11) is 1.43. The maximum Gasteiger partial charge on any atom is 0.234 e. The fourth-order valence-corrected chi connectivity index (χ4v) is 3.88. The van der Waals surface area contributed by atoms with Crippen LogP contribution < -0.4 is 14.8 Å². The fourth-order valence-electron chi connectivity index (χ4n) is 3.88. The molecule has 3 aromatic rings. The summed E-state index contributed by atoms with van der Waals surface area (Å²) in [6.45, 7) is 1.93. The van der Waals surface area contributed by atoms with Gasteiger partial charge in [-0.3, -0.25) is 9.69 Å². The van der Waals surface area contributed by atoms with Gasteiger partial charge < -0.3 is 19.9 Å². The first-order valence-corrected chi connectivity index (χ1v) is 10.2. The van der Waals surface area contributed by atoms with E-state index in [1.54, 1.807) is 12.1 Å². The molecule has 2 N–H and O–H groups in total. The number of amides is 1. The van der Waals surface area contributed by atoms with Crippen LogP contribution in [0.5, 0.6) is 11.5 Å². The number of carbonyl (C=O) groups excluding carboxylic acids is 1. The molecule has 1 aliphatic rings. The van der Waals surface area contributed by atoms with E-state index in [1.165, 1.54) is 13.2 Å². The number of fused-ring (bicyclic) bond motifs is 1. The van der Waals surface area contributed by atoms with E-state index in [2.05, 4.69) is 5.32 Å². The molecule has 1 aliphatic heterocycles. The van der Waals surface area contributed by atoms with Crippen LogP contribution in [0.1, 0.15) is 0 Å². The SMILES string of the molecule is COc1ccc(-c2c(OCC(O)CN3CCNC(=O)C3)ccc3ccccc23)cc1F. The zero-order chi connectivity index (χ0) is 21.8. The predicted molar refractivity (Wildman–Crippen MR) is 117 cm³/mol. The van der Waals surface area contributed by atoms with Crippen molar-refractivity contribution in [1.29, 1.82) is 0 Å². The smallest absolute Gasteiger partial charge is 0.234 e. The topological polar surface area (TPSA) is 71.0 Å². The van der Waals surface area contributed by atoms with Crippen LogP contribution in [0.25, 0.3) is 21.9 Å². The van der Waals surface area contributed by atoms with Crippen LogP contribution in [-0.2, 0) is 4.79 Å². The van der Waals surface area contributed by atoms with Crippen molar-refractivity contribution in [2.75, 3.05) is 39.9 Å². The van der Waals surface area contributed by atoms with Crippen molar-refractivity contribution < 1.29 is 23.8 Å². The number of methoxy groups -OCH3 is 1. The minimum atomic E-state index is -0.766. The molecule has 0 spiro atoms. The van der Waals surface area contributed by atoms with Gasteiger partial charge in [-0.2, -0.15) is 0 Å². The molecule has 1 unspecified atom stereocenters. The monoisotopic (exact) mass is 424 g/mol. The molecule has 1 fully saturated rings. The van der Waals surface area contributed by atoms with Crippen LogP contribution in [-0.4, -0.2) is 61.9 Å². The van der Waals surface area contributed by atoms with Gasteiger partial charge in [-0.25, -0.2) is 4.39 Å². The molecule has 0 radical (unpaired) electrons. The highest BCUT2D eigenvalue weighted by molar-refractivity contribution is 5.99. The number of hydrogen-bond donors (Lipinski definition) is 2. The van der Waals surface area contributed by atoms with Gasteiger partial charge in [-0.15, -0.1) is 0 Å². The van der Waals surface area contributed by atoms with Crippen LogP contribution in [0.2, 0.25) is 0 Å². The Morgan fingerprint density at radius 3 is 2.74 bits per heavy atom. The summed E-state index contributed by atoms with van der Waals surface area (Å²) in [5.41, 5.74) is 1.41. The maximum absolute atomic E-state index is 14.4. The lowest BCUT2D eigenvalue weighted by atomic mass is 9.97. The first-order valence-electron chi connectivity index (χ1n) is 10.2. The average Bonchev–Trinajstić information content (AvgIpc) is 2.77. The van der Waals surface area contributed by atoms with E-state index in [4.69, 9.17) is 9.47 Å². The number of nitrogens with one attached hydrogen (secondary N) is 1. The van der Waals surface area contributed by atoms with Gasteiger partial charge in [0.1, 0.15) is 18.5 Å². The Morgan fingerprint density at radius 1 is 1.16 bits per heavy atom. The Labute approximate surface area is 180 Å². The molecule has 4 rings (SSSR count). The van der Waals surface area contributed by atoms with Crippen molar-refractivity contribution in [3.8, 4) is 22.6 Å². The van der Waals surface area contributed by atoms with Crippen LogP contribution in [0.4, 0.5) is 4.39 Å². The molecule has 162 valence electrons. The first-order chi connectivity index (χ1) is 15.0. The highest BCUT2D eigenvalue weighted by Gasteiger charge is 2.20. The van der Waals surface area contributed by atoms with Crippen molar-refractivity contribution in [1.82, 2.24) is 10.2 Å². The second-order valence-corrected chi connectivity index (χ2v) is 7.56. The number of halogens is 1. The Kier molecular flexibility index (Phi) is 6.34. The molecule has 3 aromatic carbocycles. The summed E-state index contributed by atoms with van der Waals surface area (Å²) in [4.78, 5) is 13.4. The molecule has 1 amide bonds. The zero-order valence-corrected chi connectivity index (χ0v) is 17.3. The molecular formula is C24H25FN2O4. The van der Waals surface area contributed by atoms with Crippen LogP contribution in [0.3, 0.4) is 0 Å². The molecule has 1 heterocycles. The summed E-state index contributed by atoms with van der Waals surface area (Å²) in [6, 6.07) is 16.4. The summed E-state index contributed by atoms with van der Waals surface area (Å²) in [5, 5.41) is 15.2. The molecule has 7 heteroatoms. The molecule has 1 atom stereocenters. The predicted octanol–water partition coefficient (Wildman–Crippen LogP) is 2.83. The number of aliphatic hydroxyl groups excluding tert-OH is 1. The number of rotatable bonds is 7. The second-order valence-electron chi connectivity index (χ2n) is 7.56. The van der Waals surface area contributed by atoms with E-state index in [-0.39, 0.29) is 24.8 Å². The van der Waals surface area contributed by atoms with Gasteiger partial charge in [-0.1, -0.05) is 36.4 Å². The highest BCUT2D eigenvalue weighted by Crippen LogP contribution is 2.38. The second kappa shape index (κ2) is 9.32. The van der Waals surface area contributed by atoms with E-state index < -0.39 is 11.9 Å². The Balaban J connectivity index is 1.59. The van der Waals surface area contributed by atoms with Gasteiger partial charge in [0.25, 0.3) is 0 Å². The lowest BCUT2D eigenvalue weighted by Crippen LogP contribution is -2.50. The number of hydrogen-bond acceptors (Lipinski definition) is 5. The third-order valence-corrected chi connectivity index (χ3v) is 5.35. The zero-order valence-electron chi connectivity index (χ0n) is 17.3. The summed E-state index contributed by atoms with van der Waals surface area (Å²) >= 11 is 0. The summed E-state index contributed by atoms with van der Waals surface area (Å²) in [5.74, 6) is 0.228. The number of β-amino-alcohol motifs (C(OH)–C–C–N with tert-alkyl or cyclic N) is 1. The van der Waals surface area contributed by atoms with Crippen molar-refractivity contribution in [2.45, 2.75) is 6.10 Å². The first kappa shape index (κ1) is 21.1. The number of aliphatic hydroxyl groups is 1. The number of ether oxygens (including phenoxy) is 2. The van der Waals surface area contributed by atoms with Crippen molar-refractivity contribution in [3.63, 3.8) is 0 Å². The standard InChI is InChI=1S/C24H25FN2O4/c1-30-21-8-7-17(12-20(21)25)24-19-5-3-2-4-16(19)6-9-22(24)31-15-18(28)13-27-11-10-26-23(29)14-27/h2-9,12,18,28H,10-11,13-15H2,1H3,(H,26,29). The summed E-state index contributed by atoms with van der Waals surface area (Å²) in [6.07, 6.45) is -0.766. The lowest BCUT2D eigenvalue weighted by molar-refractivity contribution is -0.124. The minimum absolute atomic E-state index is 0.0438. The Morgan fingerprint density at radius 2 is 1.97 bits per heavy atom. The summed E-state index contributed by atoms with van der Waals surface area (Å²) < 4.78 is 25.5. The molecule has 0 bridgehead atoms. The quantitative estimate of drug-likeness (QED) is 0.610. The number of piperazine rings is 1. The van der Waals surface area contributed by atoms with Gasteiger partial charge in [0.15, 0.2) is 11.6 Å². The third kappa shape index (κ3) is 4.78. The molecular weight excluding hydrogens is 399 g/mol. The molecule has 0 aliphatic carbocycles. The van der Waals surface area contributed by atoms with E-state index in [1.807, 2.05) is 41.3 Å². The van der Waals surface area contributed by atoms with Crippen LogP contribution in [0.15, 0.2) is 54.6 Å². The van der Waals surface area contributed by atoms with E-state index in [0.717, 1.165) is 16.3 Å². The van der Waals surface area contributed by atoms with Crippen molar-refractivity contribution in [3.05, 3.63) is 60.4 Å². The Bertz CT molecular complexity index is 1090. The minimum Gasteiger partial charge on any atom is -0.494 e. The number of nitrogens with zero attached hydrogens (tertiary/aromatic N) is 1. The number of carbonyl (C=O) groups is 1. The van der Waals surface area contributed by atoms with Gasteiger partial charge in [0.05, 0.1) is 13.7 Å². The van der Waals surface area contributed by atoms with Crippen LogP contribution >= 0.6 is 0 Å². The van der Waals surface area contributed by atoms with E-state index >= 15 is 0 Å². The largest absolute Gasteiger partial charge is 0.494 e. The maximum atomic E-state index is 14.4. The highest BCUT2D eigenvalue weighted by atomic mass is 19.1. The molecule has 0 aromatic heterocycles. The van der Waals surface area contributed by atoms with Gasteiger partial charge in [-0.05, 0) is 34.5 Å². The fraction of sp³-hybridized carbons (Fsp3) is 0.292. The van der Waals surface area contributed by atoms with Crippen LogP contribution in [0, 0.1) is 5.82 Å². The van der Waals surface area contributed by atoms with Crippen molar-refractivity contribution >= 4 is 16.7 Å². The van der Waals surface area contributed by atoms with Gasteiger partial charge >= 0.3 is 0 Å². The molecule has 6 nitrogen and oxygen atoms in total. The normalized spacial score (nSPS) is 15.5. The molecule has 31 heavy (non-hydrogen) atoms.